The molecule has 0 aliphatic heterocycles. The molecule has 0 aromatic carbocycles. The molecule has 0 spiro atoms. The van der Waals surface area contributed by atoms with Crippen LogP contribution in [0.25, 0.3) is 0 Å². The van der Waals surface area contributed by atoms with Crippen LogP contribution in [0.2, 0.25) is 10.2 Å². The van der Waals surface area contributed by atoms with E-state index in [2.05, 4.69) is 30.8 Å². The van der Waals surface area contributed by atoms with Crippen molar-refractivity contribution in [1.82, 2.24) is 9.88 Å². The monoisotopic (exact) mass is 232 g/mol. The Balaban J connectivity index is 2.77. The molecule has 2 nitrogen and oxygen atoms in total. The molecule has 0 bridgehead atoms. The maximum absolute atomic E-state index is 6.03. The van der Waals surface area contributed by atoms with Crippen LogP contribution < -0.4 is 0 Å². The zero-order valence-corrected chi connectivity index (χ0v) is 10.1. The van der Waals surface area contributed by atoms with E-state index in [0.29, 0.717) is 16.2 Å². The number of hydrogen-bond acceptors (Lipinski definition) is 2. The maximum atomic E-state index is 6.03. The van der Waals surface area contributed by atoms with Gasteiger partial charge in [-0.15, -0.1) is 0 Å². The van der Waals surface area contributed by atoms with Gasteiger partial charge in [-0.1, -0.05) is 23.2 Å². The van der Waals surface area contributed by atoms with Crippen LogP contribution in [-0.2, 0) is 6.54 Å². The highest BCUT2D eigenvalue weighted by molar-refractivity contribution is 6.34. The minimum absolute atomic E-state index is 0.436. The smallest absolute Gasteiger partial charge is 0.130 e. The molecule has 0 N–H and O–H groups in total. The van der Waals surface area contributed by atoms with E-state index < -0.39 is 0 Å². The first-order chi connectivity index (χ1) is 6.50. The average molecular weight is 233 g/mol. The lowest BCUT2D eigenvalue weighted by Gasteiger charge is -2.21. The first-order valence-electron chi connectivity index (χ1n) is 4.51. The zero-order valence-electron chi connectivity index (χ0n) is 8.59. The van der Waals surface area contributed by atoms with Crippen LogP contribution in [0.5, 0.6) is 0 Å². The van der Waals surface area contributed by atoms with E-state index in [1.165, 1.54) is 0 Å². The first-order valence-corrected chi connectivity index (χ1v) is 5.26. The Labute approximate surface area is 94.8 Å². The third-order valence-corrected chi connectivity index (χ3v) is 2.76. The lowest BCUT2D eigenvalue weighted by atomic mass is 10.2. The molecule has 4 heteroatoms. The molecule has 1 aromatic rings. The fraction of sp³-hybridized carbons (Fsp3) is 0.500. The summed E-state index contributed by atoms with van der Waals surface area (Å²) in [4.78, 5) is 6.20. The van der Waals surface area contributed by atoms with Gasteiger partial charge in [0, 0.05) is 29.4 Å². The topological polar surface area (TPSA) is 16.1 Å². The minimum Gasteiger partial charge on any atom is -0.300 e. The van der Waals surface area contributed by atoms with Crippen molar-refractivity contribution in [3.8, 4) is 0 Å². The van der Waals surface area contributed by atoms with Crippen molar-refractivity contribution in [2.45, 2.75) is 26.4 Å². The van der Waals surface area contributed by atoms with E-state index in [1.807, 2.05) is 0 Å². The summed E-state index contributed by atoms with van der Waals surface area (Å²) in [6, 6.07) is 2.16. The van der Waals surface area contributed by atoms with Gasteiger partial charge in [-0.05, 0) is 27.0 Å². The number of rotatable bonds is 3. The quantitative estimate of drug-likeness (QED) is 0.745. The lowest BCUT2D eigenvalue weighted by molar-refractivity contribution is 0.265. The Bertz CT molecular complexity index is 313. The van der Waals surface area contributed by atoms with Gasteiger partial charge in [0.2, 0.25) is 0 Å². The zero-order chi connectivity index (χ0) is 10.7. The summed E-state index contributed by atoms with van der Waals surface area (Å²) in [5, 5.41) is 1.11. The molecule has 0 saturated heterocycles. The fourth-order valence-electron chi connectivity index (χ4n) is 1.00. The third kappa shape index (κ3) is 3.12. The first kappa shape index (κ1) is 11.8. The molecule has 0 fully saturated rings. The number of halogens is 2. The standard InChI is InChI=1S/C10H14Cl2N2/c1-7(2)14(3)6-8-5-13-10(12)4-9(8)11/h4-5,7H,6H2,1-3H3. The SMILES string of the molecule is CC(C)N(C)Cc1cnc(Cl)cc1Cl. The predicted molar refractivity (Wildman–Crippen MR) is 60.9 cm³/mol. The summed E-state index contributed by atoms with van der Waals surface area (Å²) in [5.74, 6) is 0. The van der Waals surface area contributed by atoms with Gasteiger partial charge in [0.15, 0.2) is 0 Å². The molecular weight excluding hydrogens is 219 g/mol. The van der Waals surface area contributed by atoms with Gasteiger partial charge in [-0.2, -0.15) is 0 Å². The molecular formula is C10H14Cl2N2. The largest absolute Gasteiger partial charge is 0.300 e. The van der Waals surface area contributed by atoms with Crippen LogP contribution in [0.3, 0.4) is 0 Å². The van der Waals surface area contributed by atoms with Gasteiger partial charge >= 0.3 is 0 Å². The van der Waals surface area contributed by atoms with Crippen LogP contribution in [0, 0.1) is 0 Å². The Morgan fingerprint density at radius 3 is 2.57 bits per heavy atom. The van der Waals surface area contributed by atoms with Gasteiger partial charge in [0.25, 0.3) is 0 Å². The molecule has 1 heterocycles. The normalized spacial score (nSPS) is 11.4. The molecule has 78 valence electrons. The molecule has 0 radical (unpaired) electrons. The number of pyridine rings is 1. The molecule has 0 amide bonds. The molecule has 0 aliphatic rings. The number of aromatic nitrogens is 1. The summed E-state index contributed by atoms with van der Waals surface area (Å²) >= 11 is 11.7. The Hall–Kier alpha value is -0.310. The van der Waals surface area contributed by atoms with Gasteiger partial charge in [-0.25, -0.2) is 4.98 Å². The van der Waals surface area contributed by atoms with Crippen molar-refractivity contribution in [2.75, 3.05) is 7.05 Å². The van der Waals surface area contributed by atoms with Crippen LogP contribution in [-0.4, -0.2) is 23.0 Å². The van der Waals surface area contributed by atoms with Crippen LogP contribution in [0.4, 0.5) is 0 Å². The number of nitrogens with zero attached hydrogens (tertiary/aromatic N) is 2. The van der Waals surface area contributed by atoms with Gasteiger partial charge in [0.1, 0.15) is 5.15 Å². The fourth-order valence-corrected chi connectivity index (χ4v) is 1.43. The molecule has 1 rings (SSSR count). The second-order valence-electron chi connectivity index (χ2n) is 3.61. The van der Waals surface area contributed by atoms with Crippen LogP contribution in [0.15, 0.2) is 12.3 Å². The third-order valence-electron chi connectivity index (χ3n) is 2.20. The van der Waals surface area contributed by atoms with Gasteiger partial charge in [-0.3, -0.25) is 4.90 Å². The summed E-state index contributed by atoms with van der Waals surface area (Å²) in [6.07, 6.45) is 1.73. The highest BCUT2D eigenvalue weighted by Gasteiger charge is 2.08. The van der Waals surface area contributed by atoms with E-state index in [-0.39, 0.29) is 0 Å². The van der Waals surface area contributed by atoms with E-state index in [4.69, 9.17) is 23.2 Å². The van der Waals surface area contributed by atoms with Gasteiger partial charge in [0.05, 0.1) is 0 Å². The molecule has 0 aliphatic carbocycles. The summed E-state index contributed by atoms with van der Waals surface area (Å²) < 4.78 is 0. The predicted octanol–water partition coefficient (Wildman–Crippen LogP) is 3.23. The second-order valence-corrected chi connectivity index (χ2v) is 4.40. The van der Waals surface area contributed by atoms with Crippen molar-refractivity contribution in [3.63, 3.8) is 0 Å². The minimum atomic E-state index is 0.436. The number of hydrogen-bond donors (Lipinski definition) is 0. The Morgan fingerprint density at radius 1 is 1.43 bits per heavy atom. The Kier molecular flexibility index (Phi) is 4.17. The molecule has 0 atom stereocenters. The van der Waals surface area contributed by atoms with E-state index >= 15 is 0 Å². The summed E-state index contributed by atoms with van der Waals surface area (Å²) in [5.41, 5.74) is 1.01. The molecule has 0 saturated carbocycles. The highest BCUT2D eigenvalue weighted by atomic mass is 35.5. The van der Waals surface area contributed by atoms with Crippen molar-refractivity contribution in [2.24, 2.45) is 0 Å². The molecule has 14 heavy (non-hydrogen) atoms. The lowest BCUT2D eigenvalue weighted by Crippen LogP contribution is -2.25. The van der Waals surface area contributed by atoms with Crippen LogP contribution in [0.1, 0.15) is 19.4 Å². The van der Waals surface area contributed by atoms with E-state index in [0.717, 1.165) is 12.1 Å². The molecule has 1 aromatic heterocycles. The van der Waals surface area contributed by atoms with E-state index in [1.54, 1.807) is 12.3 Å². The summed E-state index contributed by atoms with van der Waals surface area (Å²) in [6.45, 7) is 5.06. The second kappa shape index (κ2) is 4.96. The van der Waals surface area contributed by atoms with Crippen molar-refractivity contribution in [1.29, 1.82) is 0 Å². The van der Waals surface area contributed by atoms with E-state index in [9.17, 15) is 0 Å². The average Bonchev–Trinajstić information content (AvgIpc) is 2.09. The van der Waals surface area contributed by atoms with Crippen LogP contribution >= 0.6 is 23.2 Å². The maximum Gasteiger partial charge on any atom is 0.130 e. The highest BCUT2D eigenvalue weighted by Crippen LogP contribution is 2.20. The van der Waals surface area contributed by atoms with Crippen molar-refractivity contribution >= 4 is 23.2 Å². The summed E-state index contributed by atoms with van der Waals surface area (Å²) in [7, 11) is 2.05. The van der Waals surface area contributed by atoms with Crippen molar-refractivity contribution < 1.29 is 0 Å². The van der Waals surface area contributed by atoms with Crippen molar-refractivity contribution in [3.05, 3.63) is 28.0 Å². The Morgan fingerprint density at radius 2 is 2.07 bits per heavy atom. The van der Waals surface area contributed by atoms with Gasteiger partial charge < -0.3 is 0 Å². The molecule has 0 unspecified atom stereocenters.